The number of nitrogens with one attached hydrogen (secondary N) is 1. The summed E-state index contributed by atoms with van der Waals surface area (Å²) in [6.07, 6.45) is 6.22. The molecule has 4 heteroatoms. The number of hydrogen-bond donors (Lipinski definition) is 1. The molecule has 0 bridgehead atoms. The molecule has 2 heterocycles. The van der Waals surface area contributed by atoms with Crippen LogP contribution in [-0.4, -0.2) is 22.8 Å². The van der Waals surface area contributed by atoms with E-state index in [0.29, 0.717) is 0 Å². The molecule has 72 valence electrons. The van der Waals surface area contributed by atoms with Gasteiger partial charge in [0, 0.05) is 32.2 Å². The molecule has 2 rings (SSSR count). The zero-order chi connectivity index (χ0) is 9.10. The summed E-state index contributed by atoms with van der Waals surface area (Å²) < 4.78 is 8.23. The van der Waals surface area contributed by atoms with Crippen LogP contribution in [0.25, 0.3) is 0 Å². The third-order valence-electron chi connectivity index (χ3n) is 2.52. The van der Waals surface area contributed by atoms with Gasteiger partial charge in [0.2, 0.25) is 0 Å². The van der Waals surface area contributed by atoms with Crippen LogP contribution in [-0.2, 0) is 11.3 Å². The Morgan fingerprint density at radius 1 is 1.54 bits per heavy atom. The van der Waals surface area contributed by atoms with Gasteiger partial charge in [0.1, 0.15) is 0 Å². The summed E-state index contributed by atoms with van der Waals surface area (Å²) in [5.41, 5.74) is 0. The van der Waals surface area contributed by atoms with Gasteiger partial charge in [0.05, 0.1) is 0 Å². The number of rotatable bonds is 2. The zero-order valence-corrected chi connectivity index (χ0v) is 8.35. The van der Waals surface area contributed by atoms with E-state index in [1.807, 2.05) is 12.4 Å². The first-order valence-corrected chi connectivity index (χ1v) is 5.08. The van der Waals surface area contributed by atoms with Crippen molar-refractivity contribution in [2.24, 2.45) is 5.92 Å². The van der Waals surface area contributed by atoms with Crippen LogP contribution in [0.2, 0.25) is 0 Å². The minimum absolute atomic E-state index is 0.733. The Kier molecular flexibility index (Phi) is 2.80. The number of H-pyrrole nitrogens is 1. The molecule has 0 unspecified atom stereocenters. The normalized spacial score (nSPS) is 19.1. The Morgan fingerprint density at radius 2 is 2.31 bits per heavy atom. The van der Waals surface area contributed by atoms with Crippen LogP contribution >= 0.6 is 12.2 Å². The summed E-state index contributed by atoms with van der Waals surface area (Å²) >= 11 is 5.13. The van der Waals surface area contributed by atoms with Crippen molar-refractivity contribution in [2.45, 2.75) is 19.4 Å². The molecule has 1 saturated heterocycles. The van der Waals surface area contributed by atoms with E-state index < -0.39 is 0 Å². The van der Waals surface area contributed by atoms with Gasteiger partial charge in [-0.25, -0.2) is 0 Å². The van der Waals surface area contributed by atoms with E-state index in [-0.39, 0.29) is 0 Å². The summed E-state index contributed by atoms with van der Waals surface area (Å²) in [7, 11) is 0. The molecule has 1 aliphatic rings. The average Bonchev–Trinajstić information content (AvgIpc) is 2.54. The Bertz CT molecular complexity index is 311. The molecule has 0 saturated carbocycles. The SMILES string of the molecule is S=c1[nH]ccn1CC1CCOCC1. The number of imidazole rings is 1. The summed E-state index contributed by atoms with van der Waals surface area (Å²) in [5.74, 6) is 0.733. The van der Waals surface area contributed by atoms with Crippen molar-refractivity contribution in [3.05, 3.63) is 17.2 Å². The lowest BCUT2D eigenvalue weighted by Gasteiger charge is -2.22. The number of nitrogens with zero attached hydrogens (tertiary/aromatic N) is 1. The second-order valence-corrected chi connectivity index (χ2v) is 3.86. The monoisotopic (exact) mass is 198 g/mol. The molecule has 13 heavy (non-hydrogen) atoms. The van der Waals surface area contributed by atoms with E-state index in [4.69, 9.17) is 17.0 Å². The van der Waals surface area contributed by atoms with Crippen LogP contribution in [0, 0.1) is 10.7 Å². The highest BCUT2D eigenvalue weighted by molar-refractivity contribution is 7.71. The van der Waals surface area contributed by atoms with Gasteiger partial charge in [-0.15, -0.1) is 0 Å². The van der Waals surface area contributed by atoms with Crippen LogP contribution in [0.3, 0.4) is 0 Å². The lowest BCUT2D eigenvalue weighted by Crippen LogP contribution is -2.20. The van der Waals surface area contributed by atoms with E-state index in [1.165, 1.54) is 0 Å². The Balaban J connectivity index is 1.97. The van der Waals surface area contributed by atoms with Gasteiger partial charge in [0.25, 0.3) is 0 Å². The molecule has 1 aliphatic heterocycles. The average molecular weight is 198 g/mol. The van der Waals surface area contributed by atoms with Crippen molar-refractivity contribution >= 4 is 12.2 Å². The van der Waals surface area contributed by atoms with Gasteiger partial charge in [-0.05, 0) is 31.0 Å². The Labute approximate surface area is 82.7 Å². The van der Waals surface area contributed by atoms with Gasteiger partial charge in [-0.2, -0.15) is 0 Å². The highest BCUT2D eigenvalue weighted by Crippen LogP contribution is 2.16. The first-order valence-electron chi connectivity index (χ1n) is 4.68. The first-order chi connectivity index (χ1) is 6.36. The maximum absolute atomic E-state index is 5.31. The fourth-order valence-electron chi connectivity index (χ4n) is 1.70. The minimum atomic E-state index is 0.733. The van der Waals surface area contributed by atoms with Crippen LogP contribution in [0.1, 0.15) is 12.8 Å². The summed E-state index contributed by atoms with van der Waals surface area (Å²) in [6.45, 7) is 2.84. The highest BCUT2D eigenvalue weighted by atomic mass is 32.1. The molecule has 0 aliphatic carbocycles. The molecule has 1 aromatic rings. The van der Waals surface area contributed by atoms with Crippen LogP contribution in [0.4, 0.5) is 0 Å². The molecule has 0 spiro atoms. The van der Waals surface area contributed by atoms with Crippen LogP contribution < -0.4 is 0 Å². The van der Waals surface area contributed by atoms with E-state index in [9.17, 15) is 0 Å². The van der Waals surface area contributed by atoms with Crippen LogP contribution in [0.5, 0.6) is 0 Å². The van der Waals surface area contributed by atoms with E-state index in [2.05, 4.69) is 9.55 Å². The summed E-state index contributed by atoms with van der Waals surface area (Å²) in [5, 5.41) is 0. The van der Waals surface area contributed by atoms with E-state index in [1.54, 1.807) is 0 Å². The van der Waals surface area contributed by atoms with Gasteiger partial charge in [-0.3, -0.25) is 0 Å². The van der Waals surface area contributed by atoms with Crippen LogP contribution in [0.15, 0.2) is 12.4 Å². The second kappa shape index (κ2) is 4.07. The second-order valence-electron chi connectivity index (χ2n) is 3.47. The fraction of sp³-hybridized carbons (Fsp3) is 0.667. The summed E-state index contributed by atoms with van der Waals surface area (Å²) in [6, 6.07) is 0. The first kappa shape index (κ1) is 8.97. The highest BCUT2D eigenvalue weighted by Gasteiger charge is 2.13. The molecule has 0 radical (unpaired) electrons. The maximum Gasteiger partial charge on any atom is 0.177 e. The van der Waals surface area contributed by atoms with Crippen molar-refractivity contribution in [3.63, 3.8) is 0 Å². The molecular formula is C9H14N2OS. The van der Waals surface area contributed by atoms with E-state index in [0.717, 1.165) is 43.3 Å². The van der Waals surface area contributed by atoms with Crippen molar-refractivity contribution in [3.8, 4) is 0 Å². The Morgan fingerprint density at radius 3 is 2.92 bits per heavy atom. The molecule has 1 fully saturated rings. The van der Waals surface area contributed by atoms with Gasteiger partial charge >= 0.3 is 0 Å². The molecule has 3 nitrogen and oxygen atoms in total. The largest absolute Gasteiger partial charge is 0.381 e. The minimum Gasteiger partial charge on any atom is -0.381 e. The third kappa shape index (κ3) is 2.19. The molecule has 0 atom stereocenters. The van der Waals surface area contributed by atoms with Crippen molar-refractivity contribution in [1.29, 1.82) is 0 Å². The topological polar surface area (TPSA) is 29.9 Å². The standard InChI is InChI=1S/C9H14N2OS/c13-9-10-3-4-11(9)7-8-1-5-12-6-2-8/h3-4,8H,1-2,5-7H2,(H,10,13). The van der Waals surface area contributed by atoms with Crippen molar-refractivity contribution in [2.75, 3.05) is 13.2 Å². The lowest BCUT2D eigenvalue weighted by atomic mass is 10.0. The summed E-state index contributed by atoms with van der Waals surface area (Å²) in [4.78, 5) is 3.00. The van der Waals surface area contributed by atoms with Gasteiger partial charge in [0.15, 0.2) is 4.77 Å². The van der Waals surface area contributed by atoms with Gasteiger partial charge in [-0.1, -0.05) is 0 Å². The predicted octanol–water partition coefficient (Wildman–Crippen LogP) is 1.97. The Hall–Kier alpha value is -0.610. The molecule has 0 aromatic carbocycles. The van der Waals surface area contributed by atoms with Crippen molar-refractivity contribution in [1.82, 2.24) is 9.55 Å². The van der Waals surface area contributed by atoms with E-state index >= 15 is 0 Å². The number of hydrogen-bond acceptors (Lipinski definition) is 2. The maximum atomic E-state index is 5.31. The number of aromatic amines is 1. The molecule has 0 amide bonds. The van der Waals surface area contributed by atoms with Gasteiger partial charge < -0.3 is 14.3 Å². The third-order valence-corrected chi connectivity index (χ3v) is 2.87. The zero-order valence-electron chi connectivity index (χ0n) is 7.53. The molecular weight excluding hydrogens is 184 g/mol. The number of aromatic nitrogens is 2. The smallest absolute Gasteiger partial charge is 0.177 e. The quantitative estimate of drug-likeness (QED) is 0.736. The molecule has 1 N–H and O–H groups in total. The predicted molar refractivity (Wildman–Crippen MR) is 53.2 cm³/mol. The lowest BCUT2D eigenvalue weighted by molar-refractivity contribution is 0.0611. The van der Waals surface area contributed by atoms with Crippen molar-refractivity contribution < 1.29 is 4.74 Å². The number of ether oxygens (including phenoxy) is 1. The fourth-order valence-corrected chi connectivity index (χ4v) is 1.90. The molecule has 1 aromatic heterocycles.